The van der Waals surface area contributed by atoms with E-state index in [0.717, 1.165) is 30.0 Å². The second-order valence-electron chi connectivity index (χ2n) is 3.52. The number of piperidine rings is 1. The van der Waals surface area contributed by atoms with Gasteiger partial charge in [0.25, 0.3) is 0 Å². The first kappa shape index (κ1) is 9.98. The Morgan fingerprint density at radius 1 is 1.71 bits per heavy atom. The van der Waals surface area contributed by atoms with E-state index in [1.165, 1.54) is 6.42 Å². The van der Waals surface area contributed by atoms with Crippen molar-refractivity contribution in [2.45, 2.75) is 18.9 Å². The van der Waals surface area contributed by atoms with E-state index in [4.69, 9.17) is 4.74 Å². The molecular weight excluding hydrogens is 246 g/mol. The lowest BCUT2D eigenvalue weighted by Crippen LogP contribution is -2.37. The van der Waals surface area contributed by atoms with Gasteiger partial charge in [-0.25, -0.2) is 4.68 Å². The molecule has 4 nitrogen and oxygen atoms in total. The molecule has 0 bridgehead atoms. The Balaban J connectivity index is 1.98. The van der Waals surface area contributed by atoms with Crippen LogP contribution in [0, 0.1) is 0 Å². The van der Waals surface area contributed by atoms with E-state index in [-0.39, 0.29) is 6.10 Å². The highest BCUT2D eigenvalue weighted by molar-refractivity contribution is 9.10. The molecule has 2 heterocycles. The zero-order valence-corrected chi connectivity index (χ0v) is 9.75. The van der Waals surface area contributed by atoms with Gasteiger partial charge in [-0.3, -0.25) is 0 Å². The third-order valence-electron chi connectivity index (χ3n) is 2.35. The molecule has 14 heavy (non-hydrogen) atoms. The maximum Gasteiger partial charge on any atom is 0.212 e. The van der Waals surface area contributed by atoms with Gasteiger partial charge in [-0.15, -0.1) is 0 Å². The van der Waals surface area contributed by atoms with Gasteiger partial charge in [0.1, 0.15) is 10.7 Å². The molecule has 0 amide bonds. The molecule has 1 N–H and O–H groups in total. The van der Waals surface area contributed by atoms with Crippen LogP contribution in [0.4, 0.5) is 0 Å². The molecule has 1 saturated heterocycles. The number of hydrogen-bond donors (Lipinski definition) is 1. The van der Waals surface area contributed by atoms with Crippen molar-refractivity contribution in [2.75, 3.05) is 13.1 Å². The van der Waals surface area contributed by atoms with Crippen LogP contribution in [0.1, 0.15) is 12.8 Å². The highest BCUT2D eigenvalue weighted by Crippen LogP contribution is 2.19. The lowest BCUT2D eigenvalue weighted by molar-refractivity contribution is 0.153. The predicted molar refractivity (Wildman–Crippen MR) is 57.4 cm³/mol. The Kier molecular flexibility index (Phi) is 3.08. The largest absolute Gasteiger partial charge is 0.473 e. The zero-order valence-electron chi connectivity index (χ0n) is 8.16. The monoisotopic (exact) mass is 259 g/mol. The van der Waals surface area contributed by atoms with Gasteiger partial charge in [-0.05, 0) is 35.3 Å². The lowest BCUT2D eigenvalue weighted by atomic mass is 10.1. The molecule has 1 atom stereocenters. The van der Waals surface area contributed by atoms with Crippen LogP contribution in [-0.2, 0) is 7.05 Å². The minimum Gasteiger partial charge on any atom is -0.473 e. The second-order valence-corrected chi connectivity index (χ2v) is 4.33. The standard InChI is InChI=1S/C9H14BrN3O/c1-13-9(5-8(10)12-13)14-7-3-2-4-11-6-7/h5,7,11H,2-4,6H2,1H3. The van der Waals surface area contributed by atoms with Crippen molar-refractivity contribution in [3.05, 3.63) is 10.7 Å². The van der Waals surface area contributed by atoms with Crippen LogP contribution >= 0.6 is 15.9 Å². The molecule has 0 aromatic carbocycles. The van der Waals surface area contributed by atoms with Crippen LogP contribution in [-0.4, -0.2) is 29.0 Å². The van der Waals surface area contributed by atoms with Gasteiger partial charge in [0.15, 0.2) is 0 Å². The summed E-state index contributed by atoms with van der Waals surface area (Å²) in [7, 11) is 1.89. The Labute approximate surface area is 91.8 Å². The van der Waals surface area contributed by atoms with E-state index in [1.807, 2.05) is 13.1 Å². The second kappa shape index (κ2) is 4.31. The molecule has 1 aliphatic rings. The quantitative estimate of drug-likeness (QED) is 0.871. The molecule has 5 heteroatoms. The van der Waals surface area contributed by atoms with Crippen molar-refractivity contribution in [2.24, 2.45) is 7.05 Å². The smallest absolute Gasteiger partial charge is 0.212 e. The van der Waals surface area contributed by atoms with Crippen LogP contribution in [0.5, 0.6) is 5.88 Å². The van der Waals surface area contributed by atoms with Gasteiger partial charge in [-0.2, -0.15) is 5.10 Å². The minimum atomic E-state index is 0.283. The maximum atomic E-state index is 5.81. The number of ether oxygens (including phenoxy) is 1. The fraction of sp³-hybridized carbons (Fsp3) is 0.667. The number of rotatable bonds is 2. The van der Waals surface area contributed by atoms with E-state index in [1.54, 1.807) is 4.68 Å². The fourth-order valence-electron chi connectivity index (χ4n) is 1.62. The molecule has 78 valence electrons. The molecule has 1 fully saturated rings. The molecule has 0 spiro atoms. The summed E-state index contributed by atoms with van der Waals surface area (Å²) in [4.78, 5) is 0. The third kappa shape index (κ3) is 2.27. The first-order valence-electron chi connectivity index (χ1n) is 4.82. The number of nitrogens with one attached hydrogen (secondary N) is 1. The van der Waals surface area contributed by atoms with E-state index >= 15 is 0 Å². The van der Waals surface area contributed by atoms with Crippen LogP contribution in [0.25, 0.3) is 0 Å². The Hall–Kier alpha value is -0.550. The molecular formula is C9H14BrN3O. The van der Waals surface area contributed by atoms with Crippen molar-refractivity contribution in [1.82, 2.24) is 15.1 Å². The normalized spacial score (nSPS) is 22.3. The number of nitrogens with zero attached hydrogens (tertiary/aromatic N) is 2. The summed E-state index contributed by atoms with van der Waals surface area (Å²) in [5.41, 5.74) is 0. The molecule has 1 aromatic rings. The summed E-state index contributed by atoms with van der Waals surface area (Å²) in [5, 5.41) is 7.48. The number of aromatic nitrogens is 2. The van der Waals surface area contributed by atoms with E-state index < -0.39 is 0 Å². The van der Waals surface area contributed by atoms with Crippen molar-refractivity contribution in [3.8, 4) is 5.88 Å². The highest BCUT2D eigenvalue weighted by Gasteiger charge is 2.16. The summed E-state index contributed by atoms with van der Waals surface area (Å²) in [5.74, 6) is 0.825. The maximum absolute atomic E-state index is 5.81. The van der Waals surface area contributed by atoms with E-state index in [9.17, 15) is 0 Å². The third-order valence-corrected chi connectivity index (χ3v) is 2.73. The number of aryl methyl sites for hydroxylation is 1. The predicted octanol–water partition coefficient (Wildman–Crippen LogP) is 1.31. The van der Waals surface area contributed by atoms with Crippen LogP contribution < -0.4 is 10.1 Å². The van der Waals surface area contributed by atoms with Gasteiger partial charge < -0.3 is 10.1 Å². The first-order chi connectivity index (χ1) is 6.75. The highest BCUT2D eigenvalue weighted by atomic mass is 79.9. The van der Waals surface area contributed by atoms with E-state index in [2.05, 4.69) is 26.3 Å². The topological polar surface area (TPSA) is 39.1 Å². The fourth-order valence-corrected chi connectivity index (χ4v) is 2.05. The zero-order chi connectivity index (χ0) is 9.97. The summed E-state index contributed by atoms with van der Waals surface area (Å²) in [6.07, 6.45) is 2.59. The molecule has 2 rings (SSSR count). The lowest BCUT2D eigenvalue weighted by Gasteiger charge is -2.23. The number of hydrogen-bond acceptors (Lipinski definition) is 3. The summed E-state index contributed by atoms with van der Waals surface area (Å²) >= 11 is 3.32. The van der Waals surface area contributed by atoms with Gasteiger partial charge in [-0.1, -0.05) is 0 Å². The molecule has 1 aromatic heterocycles. The molecule has 0 aliphatic carbocycles. The average Bonchev–Trinajstić information content (AvgIpc) is 2.47. The molecule has 1 aliphatic heterocycles. The molecule has 1 unspecified atom stereocenters. The van der Waals surface area contributed by atoms with Gasteiger partial charge in [0.2, 0.25) is 5.88 Å². The minimum absolute atomic E-state index is 0.283. The SMILES string of the molecule is Cn1nc(Br)cc1OC1CCCNC1. The van der Waals surface area contributed by atoms with Crippen LogP contribution in [0.2, 0.25) is 0 Å². The van der Waals surface area contributed by atoms with Crippen LogP contribution in [0.15, 0.2) is 10.7 Å². The van der Waals surface area contributed by atoms with Crippen LogP contribution in [0.3, 0.4) is 0 Å². The summed E-state index contributed by atoms with van der Waals surface area (Å²) in [6, 6.07) is 1.90. The molecule has 0 saturated carbocycles. The van der Waals surface area contributed by atoms with Gasteiger partial charge in [0, 0.05) is 19.7 Å². The molecule has 0 radical (unpaired) electrons. The van der Waals surface area contributed by atoms with E-state index in [0.29, 0.717) is 0 Å². The Bertz CT molecular complexity index is 307. The summed E-state index contributed by atoms with van der Waals surface area (Å²) < 4.78 is 8.38. The van der Waals surface area contributed by atoms with Crippen molar-refractivity contribution in [3.63, 3.8) is 0 Å². The van der Waals surface area contributed by atoms with Crippen molar-refractivity contribution >= 4 is 15.9 Å². The number of halogens is 1. The van der Waals surface area contributed by atoms with Gasteiger partial charge >= 0.3 is 0 Å². The van der Waals surface area contributed by atoms with Crippen molar-refractivity contribution < 1.29 is 4.74 Å². The summed E-state index contributed by atoms with van der Waals surface area (Å²) in [6.45, 7) is 2.04. The first-order valence-corrected chi connectivity index (χ1v) is 5.62. The van der Waals surface area contributed by atoms with Crippen molar-refractivity contribution in [1.29, 1.82) is 0 Å². The average molecular weight is 260 g/mol. The Morgan fingerprint density at radius 3 is 3.14 bits per heavy atom. The van der Waals surface area contributed by atoms with Gasteiger partial charge in [0.05, 0.1) is 0 Å². The Morgan fingerprint density at radius 2 is 2.57 bits per heavy atom.